The van der Waals surface area contributed by atoms with Gasteiger partial charge >= 0.3 is 0 Å². The number of rotatable bonds is 5. The van der Waals surface area contributed by atoms with E-state index >= 15 is 0 Å². The van der Waals surface area contributed by atoms with Gasteiger partial charge in [-0.1, -0.05) is 24.0 Å². The molecule has 0 bridgehead atoms. The second-order valence-electron chi connectivity index (χ2n) is 6.15. The first-order valence-corrected chi connectivity index (χ1v) is 8.78. The molecule has 6 N–H and O–H groups in total. The molecule has 2 aromatic carbocycles. The summed E-state index contributed by atoms with van der Waals surface area (Å²) in [5.41, 5.74) is 9.76. The van der Waals surface area contributed by atoms with Gasteiger partial charge in [-0.25, -0.2) is 5.48 Å². The van der Waals surface area contributed by atoms with Crippen molar-refractivity contribution in [3.63, 3.8) is 0 Å². The maximum absolute atomic E-state index is 12.2. The summed E-state index contributed by atoms with van der Waals surface area (Å²) in [7, 11) is 0. The summed E-state index contributed by atoms with van der Waals surface area (Å²) in [5.74, 6) is 9.86. The van der Waals surface area contributed by atoms with E-state index in [1.165, 1.54) is 24.5 Å². The van der Waals surface area contributed by atoms with Crippen LogP contribution in [-0.4, -0.2) is 34.3 Å². The molecule has 7 heteroatoms. The van der Waals surface area contributed by atoms with E-state index in [0.717, 1.165) is 11.1 Å². The smallest absolute Gasteiger partial charge is 0.268 e. The third-order valence-electron chi connectivity index (χ3n) is 3.95. The summed E-state index contributed by atoms with van der Waals surface area (Å²) in [5, 5.41) is 20.6. The summed E-state index contributed by atoms with van der Waals surface area (Å²) in [6.07, 6.45) is -1.18. The number of hydrogen-bond donors (Lipinski definition) is 5. The largest absolute Gasteiger partial charge is 0.391 e. The van der Waals surface area contributed by atoms with Gasteiger partial charge in [-0.05, 0) is 60.7 Å². The molecule has 0 spiro atoms. The normalized spacial score (nSPS) is 11.7. The first-order valence-electron chi connectivity index (χ1n) is 8.78. The predicted molar refractivity (Wildman–Crippen MR) is 107 cm³/mol. The van der Waals surface area contributed by atoms with Crippen molar-refractivity contribution in [2.75, 3.05) is 0 Å². The monoisotopic (exact) mass is 391 g/mol. The van der Waals surface area contributed by atoms with E-state index in [2.05, 4.69) is 29.0 Å². The van der Waals surface area contributed by atoms with Gasteiger partial charge in [0, 0.05) is 23.2 Å². The third-order valence-corrected chi connectivity index (χ3v) is 3.95. The molecule has 29 heavy (non-hydrogen) atoms. The minimum Gasteiger partial charge on any atom is -0.391 e. The lowest BCUT2D eigenvalue weighted by molar-refractivity contribution is -0.133. The Morgan fingerprint density at radius 3 is 2.31 bits per heavy atom. The first kappa shape index (κ1) is 21.7. The molecule has 0 saturated heterocycles. The molecule has 0 aliphatic rings. The summed E-state index contributed by atoms with van der Waals surface area (Å²) in [6, 6.07) is 12.7. The molecule has 2 rings (SSSR count). The van der Waals surface area contributed by atoms with Crippen LogP contribution in [0.3, 0.4) is 0 Å². The van der Waals surface area contributed by atoms with E-state index in [1.807, 2.05) is 24.3 Å². The van der Waals surface area contributed by atoms with Crippen LogP contribution in [-0.2, 0) is 11.3 Å². The number of nitrogens with one attached hydrogen (secondary N) is 2. The Morgan fingerprint density at radius 1 is 1.07 bits per heavy atom. The number of nitrogens with two attached hydrogens (primary N) is 1. The molecule has 0 fully saturated rings. The van der Waals surface area contributed by atoms with E-state index in [-0.39, 0.29) is 5.56 Å². The number of aliphatic hydroxyl groups is 1. The van der Waals surface area contributed by atoms with Crippen LogP contribution < -0.4 is 16.5 Å². The zero-order valence-electron chi connectivity index (χ0n) is 15.8. The predicted octanol–water partition coefficient (Wildman–Crippen LogP) is 0.533. The molecule has 0 heterocycles. The maximum atomic E-state index is 12.2. The fraction of sp³-hybridized carbons (Fsp3) is 0.182. The second-order valence-corrected chi connectivity index (χ2v) is 6.15. The molecule has 0 radical (unpaired) electrons. The fourth-order valence-electron chi connectivity index (χ4n) is 2.39. The van der Waals surface area contributed by atoms with Crippen molar-refractivity contribution < 1.29 is 19.9 Å². The molecule has 0 aliphatic heterocycles. The van der Waals surface area contributed by atoms with Crippen molar-refractivity contribution in [3.8, 4) is 23.7 Å². The van der Waals surface area contributed by atoms with Gasteiger partial charge in [0.05, 0.1) is 6.10 Å². The lowest BCUT2D eigenvalue weighted by Gasteiger charge is -2.19. The van der Waals surface area contributed by atoms with E-state index < -0.39 is 24.0 Å². The van der Waals surface area contributed by atoms with Crippen molar-refractivity contribution in [2.24, 2.45) is 5.73 Å². The Kier molecular flexibility index (Phi) is 7.96. The Morgan fingerprint density at radius 2 is 1.72 bits per heavy atom. The van der Waals surface area contributed by atoms with Gasteiger partial charge in [0.1, 0.15) is 6.04 Å². The molecule has 1 unspecified atom stereocenters. The van der Waals surface area contributed by atoms with Crippen molar-refractivity contribution in [2.45, 2.75) is 25.6 Å². The Bertz CT molecular complexity index is 992. The van der Waals surface area contributed by atoms with Gasteiger partial charge in [0.2, 0.25) is 0 Å². The Balaban J connectivity index is 2.04. The molecule has 148 valence electrons. The first-order chi connectivity index (χ1) is 13.9. The van der Waals surface area contributed by atoms with Crippen molar-refractivity contribution in [1.29, 1.82) is 0 Å². The van der Waals surface area contributed by atoms with Gasteiger partial charge in [-0.3, -0.25) is 14.8 Å². The van der Waals surface area contributed by atoms with Crippen LogP contribution in [0.2, 0.25) is 0 Å². The fourth-order valence-corrected chi connectivity index (χ4v) is 2.39. The van der Waals surface area contributed by atoms with Gasteiger partial charge in [0.25, 0.3) is 11.8 Å². The zero-order valence-corrected chi connectivity index (χ0v) is 15.8. The van der Waals surface area contributed by atoms with E-state index in [9.17, 15) is 14.7 Å². The molecule has 2 atom stereocenters. The van der Waals surface area contributed by atoms with Crippen LogP contribution in [0.1, 0.15) is 34.0 Å². The van der Waals surface area contributed by atoms with Crippen LogP contribution in [0.15, 0.2) is 48.5 Å². The van der Waals surface area contributed by atoms with Gasteiger partial charge in [-0.2, -0.15) is 0 Å². The van der Waals surface area contributed by atoms with Gasteiger partial charge in [-0.15, -0.1) is 0 Å². The van der Waals surface area contributed by atoms with Crippen molar-refractivity contribution >= 4 is 11.8 Å². The highest BCUT2D eigenvalue weighted by atomic mass is 16.5. The number of amides is 2. The third kappa shape index (κ3) is 6.49. The average Bonchev–Trinajstić information content (AvgIpc) is 2.74. The molecule has 2 amide bonds. The Hall–Kier alpha value is -3.62. The number of hydroxylamine groups is 1. The van der Waals surface area contributed by atoms with Crippen LogP contribution in [0.4, 0.5) is 0 Å². The average molecular weight is 391 g/mol. The summed E-state index contributed by atoms with van der Waals surface area (Å²) in [4.78, 5) is 23.7. The van der Waals surface area contributed by atoms with Crippen LogP contribution in [0, 0.1) is 23.7 Å². The topological polar surface area (TPSA) is 125 Å². The molecule has 0 saturated carbocycles. The quantitative estimate of drug-likeness (QED) is 0.289. The van der Waals surface area contributed by atoms with Crippen molar-refractivity contribution in [3.05, 3.63) is 70.8 Å². The molecular weight excluding hydrogens is 370 g/mol. The molecule has 0 aliphatic carbocycles. The molecule has 0 aromatic heterocycles. The minimum atomic E-state index is -1.28. The summed E-state index contributed by atoms with van der Waals surface area (Å²) < 4.78 is 0. The zero-order chi connectivity index (χ0) is 21.2. The highest BCUT2D eigenvalue weighted by Crippen LogP contribution is 2.05. The Labute approximate surface area is 168 Å². The number of aliphatic hydroxyl groups excluding tert-OH is 1. The lowest BCUT2D eigenvalue weighted by atomic mass is 10.1. The lowest BCUT2D eigenvalue weighted by Crippen LogP contribution is -2.51. The standard InChI is InChI=1S/C22H21N3O4/c1-15(26)20(22(28)25-29)24-21(27)19-11-9-16(10-12-19)5-2-3-6-17-7-4-8-18(13-17)14-23/h4,7-13,15,20,26,29H,14,23H2,1H3,(H,24,27)(H,25,28)/t15-,20?/m1/s1. The molecular formula is C22H21N3O4. The number of carbonyl (C=O) groups is 2. The second kappa shape index (κ2) is 10.6. The van der Waals surface area contributed by atoms with Crippen LogP contribution in [0.5, 0.6) is 0 Å². The molecule has 2 aromatic rings. The van der Waals surface area contributed by atoms with E-state index in [0.29, 0.717) is 12.1 Å². The van der Waals surface area contributed by atoms with Crippen molar-refractivity contribution in [1.82, 2.24) is 10.8 Å². The number of hydrogen-bond acceptors (Lipinski definition) is 5. The highest BCUT2D eigenvalue weighted by molar-refractivity contribution is 5.97. The number of carbonyl (C=O) groups excluding carboxylic acids is 2. The maximum Gasteiger partial charge on any atom is 0.268 e. The molecule has 7 nitrogen and oxygen atoms in total. The van der Waals surface area contributed by atoms with Crippen LogP contribution in [0.25, 0.3) is 0 Å². The van der Waals surface area contributed by atoms with Gasteiger partial charge < -0.3 is 16.2 Å². The summed E-state index contributed by atoms with van der Waals surface area (Å²) >= 11 is 0. The number of benzene rings is 2. The SMILES string of the molecule is C[C@@H](O)C(NC(=O)c1ccc(C#CC#Cc2cccc(CN)c2)cc1)C(=O)NO. The highest BCUT2D eigenvalue weighted by Gasteiger charge is 2.25. The van der Waals surface area contributed by atoms with Crippen LogP contribution >= 0.6 is 0 Å². The van der Waals surface area contributed by atoms with E-state index in [1.54, 1.807) is 12.1 Å². The van der Waals surface area contributed by atoms with E-state index in [4.69, 9.17) is 10.9 Å². The minimum absolute atomic E-state index is 0.275. The summed E-state index contributed by atoms with van der Waals surface area (Å²) in [6.45, 7) is 1.77. The van der Waals surface area contributed by atoms with Gasteiger partial charge in [0.15, 0.2) is 0 Å².